The number of benzene rings is 1. The summed E-state index contributed by atoms with van der Waals surface area (Å²) in [6.07, 6.45) is 5.97. The van der Waals surface area contributed by atoms with Gasteiger partial charge in [-0.3, -0.25) is 4.90 Å². The highest BCUT2D eigenvalue weighted by atomic mass is 35.5. The molecule has 0 radical (unpaired) electrons. The Morgan fingerprint density at radius 2 is 2.08 bits per heavy atom. The van der Waals surface area contributed by atoms with Crippen molar-refractivity contribution in [3.05, 3.63) is 33.8 Å². The summed E-state index contributed by atoms with van der Waals surface area (Å²) < 4.78 is 0. The van der Waals surface area contributed by atoms with E-state index in [1.165, 1.54) is 25.7 Å². The molecule has 1 aromatic rings. The molecule has 1 aromatic carbocycles. The molecular formula is C19H27Cl2N3O. The Hall–Kier alpha value is -0.970. The van der Waals surface area contributed by atoms with E-state index in [4.69, 9.17) is 23.2 Å². The predicted molar refractivity (Wildman–Crippen MR) is 103 cm³/mol. The predicted octanol–water partition coefficient (Wildman–Crippen LogP) is 4.57. The van der Waals surface area contributed by atoms with Crippen LogP contribution < -0.4 is 5.32 Å². The molecule has 138 valence electrons. The Bertz CT molecular complexity index is 621. The van der Waals surface area contributed by atoms with Crippen LogP contribution in [-0.2, 0) is 0 Å². The van der Waals surface area contributed by atoms with E-state index in [2.05, 4.69) is 17.3 Å². The number of likely N-dealkylation sites (tertiary alicyclic amines) is 1. The van der Waals surface area contributed by atoms with Crippen molar-refractivity contribution >= 4 is 29.2 Å². The van der Waals surface area contributed by atoms with Crippen molar-refractivity contribution in [2.24, 2.45) is 5.92 Å². The third-order valence-corrected chi connectivity index (χ3v) is 6.38. The summed E-state index contributed by atoms with van der Waals surface area (Å²) in [7, 11) is 3.98. The van der Waals surface area contributed by atoms with Crippen molar-refractivity contribution in [3.8, 4) is 0 Å². The highest BCUT2D eigenvalue weighted by Crippen LogP contribution is 2.45. The van der Waals surface area contributed by atoms with Gasteiger partial charge in [0, 0.05) is 19.5 Å². The number of urea groups is 1. The zero-order valence-corrected chi connectivity index (χ0v) is 16.5. The minimum atomic E-state index is -0.0115. The molecule has 1 aliphatic carbocycles. The average Bonchev–Trinajstić information content (AvgIpc) is 3.43. The SMILES string of the molecule is CN1CCCCC1N(C)C(=O)NCC(c1cccc(Cl)c1Cl)C1CC1. The molecule has 2 atom stereocenters. The number of rotatable bonds is 5. The number of hydrogen-bond acceptors (Lipinski definition) is 2. The number of nitrogens with zero attached hydrogens (tertiary/aromatic N) is 2. The molecule has 0 spiro atoms. The number of hydrogen-bond donors (Lipinski definition) is 1. The van der Waals surface area contributed by atoms with Gasteiger partial charge in [0.25, 0.3) is 0 Å². The topological polar surface area (TPSA) is 35.6 Å². The molecule has 25 heavy (non-hydrogen) atoms. The van der Waals surface area contributed by atoms with Gasteiger partial charge in [0.15, 0.2) is 0 Å². The second-order valence-electron chi connectivity index (χ2n) is 7.34. The third kappa shape index (κ3) is 4.42. The molecule has 2 fully saturated rings. The maximum atomic E-state index is 12.6. The summed E-state index contributed by atoms with van der Waals surface area (Å²) in [4.78, 5) is 16.7. The first-order valence-corrected chi connectivity index (χ1v) is 9.89. The van der Waals surface area contributed by atoms with Crippen LogP contribution >= 0.6 is 23.2 Å². The summed E-state index contributed by atoms with van der Waals surface area (Å²) in [5.41, 5.74) is 1.05. The molecule has 6 heteroatoms. The van der Waals surface area contributed by atoms with Gasteiger partial charge < -0.3 is 10.2 Å². The molecule has 2 aliphatic rings. The lowest BCUT2D eigenvalue weighted by molar-refractivity contribution is 0.0705. The van der Waals surface area contributed by atoms with Crippen molar-refractivity contribution < 1.29 is 4.79 Å². The van der Waals surface area contributed by atoms with Gasteiger partial charge in [0.1, 0.15) is 0 Å². The van der Waals surface area contributed by atoms with Crippen LogP contribution in [0.3, 0.4) is 0 Å². The number of nitrogens with one attached hydrogen (secondary N) is 1. The molecule has 2 amide bonds. The standard InChI is InChI=1S/C19H27Cl2N3O/c1-23-11-4-3-8-17(23)24(2)19(25)22-12-15(13-9-10-13)14-6-5-7-16(20)18(14)21/h5-7,13,15,17H,3-4,8-12H2,1-2H3,(H,22,25). The number of carbonyl (C=O) groups excluding carboxylic acids is 1. The van der Waals surface area contributed by atoms with Crippen molar-refractivity contribution in [3.63, 3.8) is 0 Å². The lowest BCUT2D eigenvalue weighted by atomic mass is 9.94. The van der Waals surface area contributed by atoms with Gasteiger partial charge in [-0.25, -0.2) is 4.79 Å². The van der Waals surface area contributed by atoms with Crippen molar-refractivity contribution in [1.82, 2.24) is 15.1 Å². The summed E-state index contributed by atoms with van der Waals surface area (Å²) >= 11 is 12.6. The van der Waals surface area contributed by atoms with Crippen LogP contribution in [0, 0.1) is 5.92 Å². The van der Waals surface area contributed by atoms with E-state index >= 15 is 0 Å². The van der Waals surface area contributed by atoms with E-state index in [1.54, 1.807) is 0 Å². The number of halogens is 2. The lowest BCUT2D eigenvalue weighted by Gasteiger charge is -2.38. The van der Waals surface area contributed by atoms with E-state index in [1.807, 2.05) is 30.1 Å². The van der Waals surface area contributed by atoms with E-state index < -0.39 is 0 Å². The minimum absolute atomic E-state index is 0.0115. The van der Waals surface area contributed by atoms with Crippen LogP contribution in [0.15, 0.2) is 18.2 Å². The van der Waals surface area contributed by atoms with E-state index in [0.29, 0.717) is 22.5 Å². The first-order chi connectivity index (χ1) is 12.0. The maximum Gasteiger partial charge on any atom is 0.318 e. The summed E-state index contributed by atoms with van der Waals surface area (Å²) in [5.74, 6) is 0.812. The normalized spacial score (nSPS) is 22.5. The summed E-state index contributed by atoms with van der Waals surface area (Å²) in [5, 5.41) is 4.33. The largest absolute Gasteiger partial charge is 0.337 e. The van der Waals surface area contributed by atoms with Crippen molar-refractivity contribution in [2.45, 2.75) is 44.2 Å². The average molecular weight is 384 g/mol. The third-order valence-electron chi connectivity index (χ3n) is 5.54. The molecule has 1 heterocycles. The molecular weight excluding hydrogens is 357 g/mol. The Morgan fingerprint density at radius 1 is 1.32 bits per heavy atom. The molecule has 3 rings (SSSR count). The molecule has 1 N–H and O–H groups in total. The molecule has 1 aliphatic heterocycles. The highest BCUT2D eigenvalue weighted by Gasteiger charge is 2.34. The van der Waals surface area contributed by atoms with Gasteiger partial charge in [-0.05, 0) is 63.2 Å². The molecule has 2 unspecified atom stereocenters. The smallest absolute Gasteiger partial charge is 0.318 e. The molecule has 1 saturated heterocycles. The Kier molecular flexibility index (Phi) is 6.13. The number of piperidine rings is 1. The summed E-state index contributed by atoms with van der Waals surface area (Å²) in [6, 6.07) is 5.76. The van der Waals surface area contributed by atoms with E-state index in [-0.39, 0.29) is 18.1 Å². The maximum absolute atomic E-state index is 12.6. The van der Waals surface area contributed by atoms with Crippen molar-refractivity contribution in [2.75, 3.05) is 27.2 Å². The van der Waals surface area contributed by atoms with Crippen LogP contribution in [0.4, 0.5) is 4.79 Å². The molecule has 1 saturated carbocycles. The number of carbonyl (C=O) groups is 1. The lowest BCUT2D eigenvalue weighted by Crippen LogP contribution is -2.53. The quantitative estimate of drug-likeness (QED) is 0.807. The van der Waals surface area contributed by atoms with Gasteiger partial charge in [0.05, 0.1) is 16.2 Å². The molecule has 0 bridgehead atoms. The fourth-order valence-electron chi connectivity index (χ4n) is 3.84. The Balaban J connectivity index is 1.63. The fraction of sp³-hybridized carbons (Fsp3) is 0.632. The first-order valence-electron chi connectivity index (χ1n) is 9.14. The minimum Gasteiger partial charge on any atom is -0.337 e. The Labute approximate surface area is 160 Å². The second-order valence-corrected chi connectivity index (χ2v) is 8.13. The monoisotopic (exact) mass is 383 g/mol. The van der Waals surface area contributed by atoms with Gasteiger partial charge >= 0.3 is 6.03 Å². The van der Waals surface area contributed by atoms with E-state index in [0.717, 1.165) is 18.5 Å². The zero-order chi connectivity index (χ0) is 18.0. The molecule has 4 nitrogen and oxygen atoms in total. The van der Waals surface area contributed by atoms with Crippen LogP contribution in [0.5, 0.6) is 0 Å². The van der Waals surface area contributed by atoms with Crippen LogP contribution in [0.1, 0.15) is 43.6 Å². The zero-order valence-electron chi connectivity index (χ0n) is 15.0. The van der Waals surface area contributed by atoms with Gasteiger partial charge in [0.2, 0.25) is 0 Å². The first kappa shape index (κ1) is 18.8. The fourth-order valence-corrected chi connectivity index (χ4v) is 4.29. The highest BCUT2D eigenvalue weighted by molar-refractivity contribution is 6.42. The second kappa shape index (κ2) is 8.15. The van der Waals surface area contributed by atoms with Crippen molar-refractivity contribution in [1.29, 1.82) is 0 Å². The van der Waals surface area contributed by atoms with Crippen LogP contribution in [0.2, 0.25) is 10.0 Å². The Morgan fingerprint density at radius 3 is 2.76 bits per heavy atom. The van der Waals surface area contributed by atoms with Gasteiger partial charge in [-0.15, -0.1) is 0 Å². The van der Waals surface area contributed by atoms with E-state index in [9.17, 15) is 4.79 Å². The summed E-state index contributed by atoms with van der Waals surface area (Å²) in [6.45, 7) is 1.65. The molecule has 0 aromatic heterocycles. The van der Waals surface area contributed by atoms with Gasteiger partial charge in [-0.1, -0.05) is 35.3 Å². The van der Waals surface area contributed by atoms with Crippen LogP contribution in [-0.4, -0.2) is 49.2 Å². The van der Waals surface area contributed by atoms with Crippen LogP contribution in [0.25, 0.3) is 0 Å². The van der Waals surface area contributed by atoms with Gasteiger partial charge in [-0.2, -0.15) is 0 Å². The number of amides is 2.